The summed E-state index contributed by atoms with van der Waals surface area (Å²) in [5.41, 5.74) is 1.56. The number of benzene rings is 1. The Hall–Kier alpha value is -2.33. The Bertz CT molecular complexity index is 725. The number of aromatic nitrogens is 1. The lowest BCUT2D eigenvalue weighted by Gasteiger charge is -2.15. The highest BCUT2D eigenvalue weighted by molar-refractivity contribution is 6.32. The first kappa shape index (κ1) is 16.5. The van der Waals surface area contributed by atoms with Gasteiger partial charge in [0.15, 0.2) is 0 Å². The second kappa shape index (κ2) is 7.97. The quantitative estimate of drug-likeness (QED) is 0.801. The summed E-state index contributed by atoms with van der Waals surface area (Å²) in [5.74, 6) is 0.459. The number of anilines is 1. The number of amides is 1. The monoisotopic (exact) mass is 342 g/mol. The molecule has 124 valence electrons. The zero-order chi connectivity index (χ0) is 16.8. The van der Waals surface area contributed by atoms with Gasteiger partial charge in [0.25, 0.3) is 0 Å². The molecule has 0 saturated heterocycles. The molecule has 1 amide bonds. The van der Waals surface area contributed by atoms with Crippen LogP contribution in [0.4, 0.5) is 5.69 Å². The molecule has 0 unspecified atom stereocenters. The summed E-state index contributed by atoms with van der Waals surface area (Å²) in [6.07, 6.45) is 11.4. The molecule has 1 aliphatic rings. The first-order valence-electron chi connectivity index (χ1n) is 8.06. The van der Waals surface area contributed by atoms with E-state index in [0.717, 1.165) is 18.4 Å². The fourth-order valence-corrected chi connectivity index (χ4v) is 2.92. The molecule has 1 heterocycles. The van der Waals surface area contributed by atoms with Gasteiger partial charge >= 0.3 is 0 Å². The lowest BCUT2D eigenvalue weighted by atomic mass is 10.2. The van der Waals surface area contributed by atoms with Gasteiger partial charge in [-0.2, -0.15) is 0 Å². The molecular weight excluding hydrogens is 324 g/mol. The van der Waals surface area contributed by atoms with Crippen LogP contribution in [0.2, 0.25) is 5.02 Å². The Morgan fingerprint density at radius 1 is 1.21 bits per heavy atom. The van der Waals surface area contributed by atoms with Crippen molar-refractivity contribution < 1.29 is 9.53 Å². The zero-order valence-electron chi connectivity index (χ0n) is 13.2. The Balaban J connectivity index is 1.59. The second-order valence-corrected chi connectivity index (χ2v) is 6.18. The highest BCUT2D eigenvalue weighted by atomic mass is 35.5. The summed E-state index contributed by atoms with van der Waals surface area (Å²) in [4.78, 5) is 15.9. The molecule has 0 bridgehead atoms. The fraction of sp³-hybridized carbons (Fsp3) is 0.263. The molecule has 5 heteroatoms. The molecular formula is C19H19ClN2O2. The molecule has 1 saturated carbocycles. The Morgan fingerprint density at radius 3 is 2.67 bits per heavy atom. The van der Waals surface area contributed by atoms with Crippen LogP contribution in [-0.4, -0.2) is 17.0 Å². The molecule has 1 fully saturated rings. The van der Waals surface area contributed by atoms with Crippen LogP contribution in [0.3, 0.4) is 0 Å². The highest BCUT2D eigenvalue weighted by Gasteiger charge is 2.17. The Labute approximate surface area is 146 Å². The molecule has 0 spiro atoms. The molecule has 1 N–H and O–H groups in total. The number of hydrogen-bond acceptors (Lipinski definition) is 3. The summed E-state index contributed by atoms with van der Waals surface area (Å²) in [6.45, 7) is 0. The molecule has 24 heavy (non-hydrogen) atoms. The van der Waals surface area contributed by atoms with Crippen molar-refractivity contribution in [1.82, 2.24) is 4.98 Å². The minimum absolute atomic E-state index is 0.215. The average molecular weight is 343 g/mol. The standard InChI is InChI=1S/C19H19ClN2O2/c20-17-13-15(6-7-18(17)24-16-3-1-2-4-16)22-19(23)8-5-14-9-11-21-12-10-14/h5-13,16H,1-4H2,(H,22,23)/b8-5+. The van der Waals surface area contributed by atoms with Gasteiger partial charge in [-0.25, -0.2) is 0 Å². The van der Waals surface area contributed by atoms with E-state index in [0.29, 0.717) is 16.5 Å². The first-order valence-corrected chi connectivity index (χ1v) is 8.44. The van der Waals surface area contributed by atoms with Crippen molar-refractivity contribution in [2.24, 2.45) is 0 Å². The van der Waals surface area contributed by atoms with Gasteiger partial charge < -0.3 is 10.1 Å². The van der Waals surface area contributed by atoms with E-state index in [2.05, 4.69) is 10.3 Å². The van der Waals surface area contributed by atoms with Crippen molar-refractivity contribution in [3.8, 4) is 5.75 Å². The SMILES string of the molecule is O=C(/C=C/c1ccncc1)Nc1ccc(OC2CCCC2)c(Cl)c1. The number of nitrogens with one attached hydrogen (secondary N) is 1. The summed E-state index contributed by atoms with van der Waals surface area (Å²) in [5, 5.41) is 3.30. The van der Waals surface area contributed by atoms with Gasteiger partial charge in [0.1, 0.15) is 5.75 Å². The van der Waals surface area contributed by atoms with Crippen LogP contribution in [0.25, 0.3) is 6.08 Å². The normalized spacial score (nSPS) is 14.9. The fourth-order valence-electron chi connectivity index (χ4n) is 2.69. The number of hydrogen-bond donors (Lipinski definition) is 1. The van der Waals surface area contributed by atoms with E-state index >= 15 is 0 Å². The van der Waals surface area contributed by atoms with Crippen molar-refractivity contribution in [2.45, 2.75) is 31.8 Å². The maximum Gasteiger partial charge on any atom is 0.248 e. The predicted octanol–water partition coefficient (Wildman–Crippen LogP) is 4.71. The van der Waals surface area contributed by atoms with Crippen LogP contribution >= 0.6 is 11.6 Å². The lowest BCUT2D eigenvalue weighted by molar-refractivity contribution is -0.111. The minimum atomic E-state index is -0.215. The third kappa shape index (κ3) is 4.59. The maximum absolute atomic E-state index is 12.0. The topological polar surface area (TPSA) is 51.2 Å². The minimum Gasteiger partial charge on any atom is -0.489 e. The van der Waals surface area contributed by atoms with Crippen molar-refractivity contribution in [2.75, 3.05) is 5.32 Å². The molecule has 2 aromatic rings. The zero-order valence-corrected chi connectivity index (χ0v) is 14.0. The molecule has 0 atom stereocenters. The van der Waals surface area contributed by atoms with Crippen molar-refractivity contribution in [3.63, 3.8) is 0 Å². The molecule has 1 aliphatic carbocycles. The van der Waals surface area contributed by atoms with E-state index in [-0.39, 0.29) is 12.0 Å². The molecule has 4 nitrogen and oxygen atoms in total. The van der Waals surface area contributed by atoms with Crippen LogP contribution in [-0.2, 0) is 4.79 Å². The van der Waals surface area contributed by atoms with E-state index in [1.807, 2.05) is 18.2 Å². The first-order chi connectivity index (χ1) is 11.7. The predicted molar refractivity (Wildman–Crippen MR) is 96.2 cm³/mol. The third-order valence-corrected chi connectivity index (χ3v) is 4.22. The number of carbonyl (C=O) groups excluding carboxylic acids is 1. The molecule has 1 aromatic heterocycles. The smallest absolute Gasteiger partial charge is 0.248 e. The lowest BCUT2D eigenvalue weighted by Crippen LogP contribution is -2.11. The van der Waals surface area contributed by atoms with E-state index < -0.39 is 0 Å². The number of halogens is 1. The summed E-state index contributed by atoms with van der Waals surface area (Å²) < 4.78 is 5.91. The molecule has 3 rings (SSSR count). The van der Waals surface area contributed by atoms with Crippen molar-refractivity contribution >= 4 is 29.3 Å². The van der Waals surface area contributed by atoms with Gasteiger partial charge in [-0.05, 0) is 67.7 Å². The molecule has 0 aliphatic heterocycles. The summed E-state index contributed by atoms with van der Waals surface area (Å²) >= 11 is 6.26. The number of carbonyl (C=O) groups is 1. The maximum atomic E-state index is 12.0. The van der Waals surface area contributed by atoms with Gasteiger partial charge in [-0.3, -0.25) is 9.78 Å². The van der Waals surface area contributed by atoms with E-state index in [4.69, 9.17) is 16.3 Å². The number of nitrogens with zero attached hydrogens (tertiary/aromatic N) is 1. The number of rotatable bonds is 5. The van der Waals surface area contributed by atoms with Gasteiger partial charge in [-0.15, -0.1) is 0 Å². The van der Waals surface area contributed by atoms with E-state index in [1.165, 1.54) is 18.9 Å². The van der Waals surface area contributed by atoms with Gasteiger partial charge in [0, 0.05) is 24.2 Å². The molecule has 0 radical (unpaired) electrons. The van der Waals surface area contributed by atoms with Crippen LogP contribution in [0.15, 0.2) is 48.8 Å². The van der Waals surface area contributed by atoms with Gasteiger partial charge in [0.2, 0.25) is 5.91 Å². The van der Waals surface area contributed by atoms with Gasteiger partial charge in [0.05, 0.1) is 11.1 Å². The van der Waals surface area contributed by atoms with Gasteiger partial charge in [-0.1, -0.05) is 11.6 Å². The van der Waals surface area contributed by atoms with Crippen LogP contribution in [0.1, 0.15) is 31.2 Å². The third-order valence-electron chi connectivity index (χ3n) is 3.93. The Morgan fingerprint density at radius 2 is 1.96 bits per heavy atom. The van der Waals surface area contributed by atoms with E-state index in [1.54, 1.807) is 30.6 Å². The number of ether oxygens (including phenoxy) is 1. The average Bonchev–Trinajstić information content (AvgIpc) is 3.10. The van der Waals surface area contributed by atoms with Crippen molar-refractivity contribution in [3.05, 3.63) is 59.4 Å². The summed E-state index contributed by atoms with van der Waals surface area (Å²) in [7, 11) is 0. The largest absolute Gasteiger partial charge is 0.489 e. The van der Waals surface area contributed by atoms with Crippen molar-refractivity contribution in [1.29, 1.82) is 0 Å². The summed E-state index contributed by atoms with van der Waals surface area (Å²) in [6, 6.07) is 8.98. The molecule has 1 aromatic carbocycles. The van der Waals surface area contributed by atoms with Crippen LogP contribution in [0, 0.1) is 0 Å². The Kier molecular flexibility index (Phi) is 5.49. The highest BCUT2D eigenvalue weighted by Crippen LogP contribution is 2.31. The van der Waals surface area contributed by atoms with Crippen LogP contribution in [0.5, 0.6) is 5.75 Å². The number of pyridine rings is 1. The van der Waals surface area contributed by atoms with Crippen LogP contribution < -0.4 is 10.1 Å². The second-order valence-electron chi connectivity index (χ2n) is 5.77. The van der Waals surface area contributed by atoms with E-state index in [9.17, 15) is 4.79 Å².